The maximum absolute atomic E-state index is 8.45. The van der Waals surface area contributed by atoms with Gasteiger partial charge in [-0.05, 0) is 11.8 Å². The molecule has 80 valence electrons. The Morgan fingerprint density at radius 3 is 2.81 bits per heavy atom. The van der Waals surface area contributed by atoms with Crippen LogP contribution in [0.3, 0.4) is 0 Å². The first kappa shape index (κ1) is 11.5. The summed E-state index contributed by atoms with van der Waals surface area (Å²) in [7, 11) is 0. The number of nitriles is 1. The lowest BCUT2D eigenvalue weighted by molar-refractivity contribution is 1.27. The fourth-order valence-corrected chi connectivity index (χ4v) is 3.20. The first-order valence-corrected chi connectivity index (χ1v) is 7.13. The molecular formula is C10H7N3S3. The molecule has 1 aromatic carbocycles. The Morgan fingerprint density at radius 2 is 2.06 bits per heavy atom. The molecule has 0 fully saturated rings. The molecule has 0 unspecified atom stereocenters. The second kappa shape index (κ2) is 5.89. The van der Waals surface area contributed by atoms with Gasteiger partial charge in [0.05, 0.1) is 16.8 Å². The van der Waals surface area contributed by atoms with Crippen molar-refractivity contribution in [2.24, 2.45) is 0 Å². The third kappa shape index (κ3) is 2.76. The predicted octanol–water partition coefficient (Wildman–Crippen LogP) is 3.47. The van der Waals surface area contributed by atoms with Crippen LogP contribution < -0.4 is 0 Å². The number of thioether (sulfide) groups is 2. The third-order valence-corrected chi connectivity index (χ3v) is 4.10. The van der Waals surface area contributed by atoms with E-state index in [1.807, 2.05) is 35.7 Å². The molecule has 0 atom stereocenters. The second-order valence-corrected chi connectivity index (χ2v) is 5.40. The van der Waals surface area contributed by atoms with Crippen LogP contribution in [0.1, 0.15) is 0 Å². The van der Waals surface area contributed by atoms with Crippen molar-refractivity contribution in [2.45, 2.75) is 5.03 Å². The van der Waals surface area contributed by atoms with E-state index in [1.54, 1.807) is 11.8 Å². The highest BCUT2D eigenvalue weighted by atomic mass is 32.2. The molecule has 0 saturated heterocycles. The van der Waals surface area contributed by atoms with Crippen LogP contribution in [0.15, 0.2) is 35.4 Å². The highest BCUT2D eigenvalue weighted by Crippen LogP contribution is 2.30. The van der Waals surface area contributed by atoms with E-state index in [9.17, 15) is 0 Å². The van der Waals surface area contributed by atoms with Gasteiger partial charge in [-0.25, -0.2) is 0 Å². The molecule has 2 rings (SSSR count). The molecule has 2 aromatic rings. The van der Waals surface area contributed by atoms with E-state index < -0.39 is 0 Å². The molecule has 0 aliphatic rings. The topological polar surface area (TPSA) is 49.6 Å². The maximum Gasteiger partial charge on any atom is 0.139 e. The van der Waals surface area contributed by atoms with Crippen molar-refractivity contribution in [2.75, 3.05) is 5.08 Å². The summed E-state index contributed by atoms with van der Waals surface area (Å²) in [5.41, 5.74) is 1.98. The van der Waals surface area contributed by atoms with Gasteiger partial charge in [0, 0.05) is 5.56 Å². The summed E-state index contributed by atoms with van der Waals surface area (Å²) in [6, 6.07) is 9.96. The van der Waals surface area contributed by atoms with Crippen molar-refractivity contribution in [3.05, 3.63) is 30.3 Å². The number of benzene rings is 1. The minimum atomic E-state index is 0.682. The van der Waals surface area contributed by atoms with Gasteiger partial charge in [0.2, 0.25) is 0 Å². The molecule has 3 nitrogen and oxygen atoms in total. The minimum Gasteiger partial charge on any atom is -0.185 e. The van der Waals surface area contributed by atoms with Crippen molar-refractivity contribution >= 4 is 35.3 Å². The van der Waals surface area contributed by atoms with E-state index in [0.717, 1.165) is 16.3 Å². The monoisotopic (exact) mass is 265 g/mol. The average Bonchev–Trinajstić information content (AvgIpc) is 2.79. The molecule has 1 aromatic heterocycles. The van der Waals surface area contributed by atoms with E-state index in [4.69, 9.17) is 5.26 Å². The van der Waals surface area contributed by atoms with Crippen LogP contribution in [0.5, 0.6) is 0 Å². The van der Waals surface area contributed by atoms with E-state index in [-0.39, 0.29) is 0 Å². The number of rotatable bonds is 4. The first-order chi connectivity index (χ1) is 7.92. The second-order valence-electron chi connectivity index (χ2n) is 2.78. The summed E-state index contributed by atoms with van der Waals surface area (Å²) in [6.45, 7) is 0. The van der Waals surface area contributed by atoms with Crippen molar-refractivity contribution < 1.29 is 0 Å². The summed E-state index contributed by atoms with van der Waals surface area (Å²) < 4.78 is 8.52. The van der Waals surface area contributed by atoms with Crippen LogP contribution in [0, 0.1) is 10.7 Å². The van der Waals surface area contributed by atoms with Crippen LogP contribution in [0.2, 0.25) is 0 Å². The molecular weight excluding hydrogens is 258 g/mol. The molecule has 0 amide bonds. The zero-order chi connectivity index (χ0) is 11.2. The fourth-order valence-electron chi connectivity index (χ4n) is 1.16. The SMILES string of the molecule is N#CSCSc1nsnc1-c1ccccc1. The van der Waals surface area contributed by atoms with Crippen molar-refractivity contribution in [3.63, 3.8) is 0 Å². The predicted molar refractivity (Wildman–Crippen MR) is 69.3 cm³/mol. The summed E-state index contributed by atoms with van der Waals surface area (Å²) in [4.78, 5) is 0. The molecule has 0 aliphatic carbocycles. The molecule has 0 spiro atoms. The Bertz CT molecular complexity index is 490. The molecule has 0 radical (unpaired) electrons. The smallest absolute Gasteiger partial charge is 0.139 e. The van der Waals surface area contributed by atoms with Gasteiger partial charge in [-0.15, -0.1) is 0 Å². The number of nitrogens with zero attached hydrogens (tertiary/aromatic N) is 3. The number of hydrogen-bond acceptors (Lipinski definition) is 6. The summed E-state index contributed by atoms with van der Waals surface area (Å²) in [5.74, 6) is 0. The highest BCUT2D eigenvalue weighted by Gasteiger charge is 2.10. The molecule has 0 saturated carbocycles. The Hall–Kier alpha value is -1.03. The Morgan fingerprint density at radius 1 is 1.25 bits per heavy atom. The molecule has 6 heteroatoms. The van der Waals surface area contributed by atoms with Gasteiger partial charge >= 0.3 is 0 Å². The van der Waals surface area contributed by atoms with Gasteiger partial charge in [-0.3, -0.25) is 0 Å². The quantitative estimate of drug-likeness (QED) is 0.367. The lowest BCUT2D eigenvalue weighted by Gasteiger charge is -1.98. The Kier molecular flexibility index (Phi) is 4.22. The van der Waals surface area contributed by atoms with Crippen LogP contribution in [-0.2, 0) is 0 Å². The Balaban J connectivity index is 2.17. The zero-order valence-electron chi connectivity index (χ0n) is 8.16. The van der Waals surface area contributed by atoms with Crippen molar-refractivity contribution in [1.82, 2.24) is 8.75 Å². The largest absolute Gasteiger partial charge is 0.185 e. The van der Waals surface area contributed by atoms with Crippen LogP contribution in [0.4, 0.5) is 0 Å². The van der Waals surface area contributed by atoms with Crippen LogP contribution >= 0.6 is 35.3 Å². The lowest BCUT2D eigenvalue weighted by atomic mass is 10.2. The molecule has 1 heterocycles. The third-order valence-electron chi connectivity index (χ3n) is 1.82. The van der Waals surface area contributed by atoms with Gasteiger partial charge in [-0.2, -0.15) is 14.0 Å². The first-order valence-electron chi connectivity index (χ1n) is 4.43. The number of hydrogen-bond donors (Lipinski definition) is 0. The van der Waals surface area contributed by atoms with Gasteiger partial charge in [0.1, 0.15) is 16.1 Å². The fraction of sp³-hybridized carbons (Fsp3) is 0.100. The van der Waals surface area contributed by atoms with Gasteiger partial charge in [0.25, 0.3) is 0 Å². The highest BCUT2D eigenvalue weighted by molar-refractivity contribution is 8.18. The normalized spacial score (nSPS) is 9.94. The van der Waals surface area contributed by atoms with E-state index >= 15 is 0 Å². The van der Waals surface area contributed by atoms with Gasteiger partial charge in [-0.1, -0.05) is 42.1 Å². The standard InChI is InChI=1S/C10H7N3S3/c11-6-14-7-15-10-9(12-16-13-10)8-4-2-1-3-5-8/h1-5H,7H2. The zero-order valence-corrected chi connectivity index (χ0v) is 10.6. The van der Waals surface area contributed by atoms with Crippen molar-refractivity contribution in [1.29, 1.82) is 5.26 Å². The Labute approximate surface area is 106 Å². The van der Waals surface area contributed by atoms with Gasteiger partial charge in [0.15, 0.2) is 0 Å². The van der Waals surface area contributed by atoms with Crippen LogP contribution in [-0.4, -0.2) is 13.8 Å². The summed E-state index contributed by atoms with van der Waals surface area (Å²) in [5, 5.41) is 12.1. The van der Waals surface area contributed by atoms with E-state index in [0.29, 0.717) is 5.08 Å². The molecule has 0 bridgehead atoms. The maximum atomic E-state index is 8.45. The summed E-state index contributed by atoms with van der Waals surface area (Å²) >= 11 is 3.97. The molecule has 0 N–H and O–H groups in total. The molecule has 0 aliphatic heterocycles. The average molecular weight is 265 g/mol. The van der Waals surface area contributed by atoms with Crippen molar-refractivity contribution in [3.8, 4) is 16.7 Å². The summed E-state index contributed by atoms with van der Waals surface area (Å²) in [6.07, 6.45) is 0. The number of thiocyanates is 1. The lowest BCUT2D eigenvalue weighted by Crippen LogP contribution is -1.80. The van der Waals surface area contributed by atoms with Crippen LogP contribution in [0.25, 0.3) is 11.3 Å². The minimum absolute atomic E-state index is 0.682. The van der Waals surface area contributed by atoms with E-state index in [2.05, 4.69) is 8.75 Å². The number of aromatic nitrogens is 2. The molecule has 16 heavy (non-hydrogen) atoms. The van der Waals surface area contributed by atoms with E-state index in [1.165, 1.54) is 23.5 Å². The van der Waals surface area contributed by atoms with Gasteiger partial charge < -0.3 is 0 Å².